The summed E-state index contributed by atoms with van der Waals surface area (Å²) in [5.41, 5.74) is 2.19. The summed E-state index contributed by atoms with van der Waals surface area (Å²) in [5.74, 6) is 0.377. The molecule has 1 aliphatic rings. The lowest BCUT2D eigenvalue weighted by Gasteiger charge is -2.26. The van der Waals surface area contributed by atoms with Crippen LogP contribution in [-0.2, 0) is 9.59 Å². The van der Waals surface area contributed by atoms with E-state index in [1.54, 1.807) is 67.8 Å². The molecule has 1 amide bonds. The van der Waals surface area contributed by atoms with E-state index in [4.69, 9.17) is 18.9 Å². The maximum atomic E-state index is 13.4. The van der Waals surface area contributed by atoms with Crippen LogP contribution in [0.25, 0.3) is 5.76 Å². The molecule has 192 valence electrons. The molecule has 1 aliphatic heterocycles. The molecule has 0 radical (unpaired) electrons. The third kappa shape index (κ3) is 4.70. The van der Waals surface area contributed by atoms with Crippen LogP contribution >= 0.6 is 0 Å². The molecule has 0 aromatic heterocycles. The lowest BCUT2D eigenvalue weighted by atomic mass is 9.94. The number of hydrogen-bond acceptors (Lipinski definition) is 7. The van der Waals surface area contributed by atoms with Crippen molar-refractivity contribution in [1.82, 2.24) is 0 Å². The van der Waals surface area contributed by atoms with E-state index in [2.05, 4.69) is 0 Å². The smallest absolute Gasteiger partial charge is 0.300 e. The van der Waals surface area contributed by atoms with Gasteiger partial charge in [0, 0.05) is 11.3 Å². The SMILES string of the molecule is CCOc1ccc(N2C(=O)C(=O)/C(=C(\O)c3ccc(OC)c(C)c3)C2c2ccc(OC)c(OC)c2)cc1. The van der Waals surface area contributed by atoms with Gasteiger partial charge in [0.1, 0.15) is 17.3 Å². The molecule has 0 bridgehead atoms. The Hall–Kier alpha value is -4.46. The van der Waals surface area contributed by atoms with Gasteiger partial charge in [0.05, 0.1) is 39.6 Å². The number of ketones is 1. The molecule has 1 fully saturated rings. The molecule has 8 heteroatoms. The van der Waals surface area contributed by atoms with Crippen LogP contribution < -0.4 is 23.8 Å². The highest BCUT2D eigenvalue weighted by Gasteiger charge is 2.47. The molecule has 0 aliphatic carbocycles. The topological polar surface area (TPSA) is 94.5 Å². The fraction of sp³-hybridized carbons (Fsp3) is 0.241. The first-order chi connectivity index (χ1) is 17.8. The van der Waals surface area contributed by atoms with Crippen molar-refractivity contribution in [1.29, 1.82) is 0 Å². The first-order valence-electron chi connectivity index (χ1n) is 11.7. The Bertz CT molecular complexity index is 1360. The molecule has 1 heterocycles. The van der Waals surface area contributed by atoms with Gasteiger partial charge in [-0.15, -0.1) is 0 Å². The highest BCUT2D eigenvalue weighted by Crippen LogP contribution is 2.44. The van der Waals surface area contributed by atoms with Crippen LogP contribution in [0.15, 0.2) is 66.2 Å². The summed E-state index contributed by atoms with van der Waals surface area (Å²) < 4.78 is 21.7. The van der Waals surface area contributed by atoms with Crippen molar-refractivity contribution < 1.29 is 33.6 Å². The van der Waals surface area contributed by atoms with Crippen LogP contribution in [0.5, 0.6) is 23.0 Å². The minimum absolute atomic E-state index is 0.0318. The molecule has 37 heavy (non-hydrogen) atoms. The Kier molecular flexibility index (Phi) is 7.38. The van der Waals surface area contributed by atoms with E-state index >= 15 is 0 Å². The number of rotatable bonds is 8. The number of aryl methyl sites for hydroxylation is 1. The van der Waals surface area contributed by atoms with Crippen molar-refractivity contribution in [2.45, 2.75) is 19.9 Å². The van der Waals surface area contributed by atoms with Crippen molar-refractivity contribution in [2.24, 2.45) is 0 Å². The third-order valence-corrected chi connectivity index (χ3v) is 6.26. The third-order valence-electron chi connectivity index (χ3n) is 6.26. The van der Waals surface area contributed by atoms with Crippen LogP contribution in [0.4, 0.5) is 5.69 Å². The predicted octanol–water partition coefficient (Wildman–Crippen LogP) is 5.05. The number of methoxy groups -OCH3 is 3. The van der Waals surface area contributed by atoms with E-state index in [0.29, 0.717) is 46.4 Å². The van der Waals surface area contributed by atoms with Gasteiger partial charge in [0.2, 0.25) is 0 Å². The fourth-order valence-corrected chi connectivity index (χ4v) is 4.49. The van der Waals surface area contributed by atoms with Crippen molar-refractivity contribution in [3.05, 3.63) is 82.9 Å². The zero-order valence-electron chi connectivity index (χ0n) is 21.4. The van der Waals surface area contributed by atoms with Gasteiger partial charge in [-0.05, 0) is 79.6 Å². The van der Waals surface area contributed by atoms with Crippen molar-refractivity contribution in [3.63, 3.8) is 0 Å². The molecule has 4 rings (SSSR count). The van der Waals surface area contributed by atoms with Gasteiger partial charge in [-0.2, -0.15) is 0 Å². The quantitative estimate of drug-likeness (QED) is 0.261. The molecule has 3 aromatic carbocycles. The van der Waals surface area contributed by atoms with Crippen LogP contribution in [0.1, 0.15) is 29.7 Å². The highest BCUT2D eigenvalue weighted by molar-refractivity contribution is 6.51. The monoisotopic (exact) mass is 503 g/mol. The first kappa shape index (κ1) is 25.6. The molecule has 1 saturated heterocycles. The molecular formula is C29H29NO7. The van der Waals surface area contributed by atoms with Gasteiger partial charge >= 0.3 is 0 Å². The summed E-state index contributed by atoms with van der Waals surface area (Å²) in [6.45, 7) is 4.21. The number of anilines is 1. The highest BCUT2D eigenvalue weighted by atomic mass is 16.5. The number of carbonyl (C=O) groups excluding carboxylic acids is 2. The Balaban J connectivity index is 1.93. The van der Waals surface area contributed by atoms with Gasteiger partial charge in [0.15, 0.2) is 11.5 Å². The zero-order chi connectivity index (χ0) is 26.7. The number of aliphatic hydroxyl groups excluding tert-OH is 1. The van der Waals surface area contributed by atoms with E-state index in [-0.39, 0.29) is 11.3 Å². The molecule has 1 N–H and O–H groups in total. The Morgan fingerprint density at radius 3 is 2.11 bits per heavy atom. The fourth-order valence-electron chi connectivity index (χ4n) is 4.49. The normalized spacial score (nSPS) is 16.6. The number of benzene rings is 3. The predicted molar refractivity (Wildman–Crippen MR) is 140 cm³/mol. The number of hydrogen-bond donors (Lipinski definition) is 1. The summed E-state index contributed by atoms with van der Waals surface area (Å²) in [7, 11) is 4.59. The van der Waals surface area contributed by atoms with Gasteiger partial charge in [-0.3, -0.25) is 14.5 Å². The standard InChI is InChI=1S/C29H29NO7/c1-6-37-21-11-9-20(10-12-21)30-26(18-7-14-23(35-4)24(16-18)36-5)25(28(32)29(30)33)27(31)19-8-13-22(34-3)17(2)15-19/h7-16,26,31H,6H2,1-5H3/b27-25-. The van der Waals surface area contributed by atoms with Gasteiger partial charge in [-0.25, -0.2) is 0 Å². The molecule has 3 aromatic rings. The number of ether oxygens (including phenoxy) is 4. The van der Waals surface area contributed by atoms with Crippen molar-refractivity contribution in [2.75, 3.05) is 32.8 Å². The average molecular weight is 504 g/mol. The van der Waals surface area contributed by atoms with Gasteiger partial charge in [-0.1, -0.05) is 6.07 Å². The summed E-state index contributed by atoms with van der Waals surface area (Å²) in [5, 5.41) is 11.4. The Morgan fingerprint density at radius 1 is 0.865 bits per heavy atom. The molecule has 0 saturated carbocycles. The van der Waals surface area contributed by atoms with Crippen LogP contribution in [-0.4, -0.2) is 44.7 Å². The molecule has 0 spiro atoms. The van der Waals surface area contributed by atoms with E-state index in [0.717, 1.165) is 5.56 Å². The Morgan fingerprint density at radius 2 is 1.51 bits per heavy atom. The first-order valence-corrected chi connectivity index (χ1v) is 11.7. The second kappa shape index (κ2) is 10.7. The summed E-state index contributed by atoms with van der Waals surface area (Å²) in [4.78, 5) is 28.2. The maximum absolute atomic E-state index is 13.4. The molecular weight excluding hydrogens is 474 g/mol. The lowest BCUT2D eigenvalue weighted by Crippen LogP contribution is -2.29. The van der Waals surface area contributed by atoms with E-state index in [9.17, 15) is 14.7 Å². The number of nitrogens with zero attached hydrogens (tertiary/aromatic N) is 1. The Labute approximate surface area is 215 Å². The number of aliphatic hydroxyl groups is 1. The van der Waals surface area contributed by atoms with Crippen LogP contribution in [0.2, 0.25) is 0 Å². The molecule has 8 nitrogen and oxygen atoms in total. The number of carbonyl (C=O) groups is 2. The summed E-state index contributed by atoms with van der Waals surface area (Å²) in [6, 6.07) is 16.2. The van der Waals surface area contributed by atoms with Crippen molar-refractivity contribution >= 4 is 23.1 Å². The van der Waals surface area contributed by atoms with Gasteiger partial charge in [0.25, 0.3) is 11.7 Å². The molecule has 1 unspecified atom stereocenters. The average Bonchev–Trinajstić information content (AvgIpc) is 3.18. The number of amides is 1. The number of Topliss-reactive ketones (excluding diaryl/α,β-unsaturated/α-hetero) is 1. The van der Waals surface area contributed by atoms with Crippen molar-refractivity contribution in [3.8, 4) is 23.0 Å². The minimum atomic E-state index is -0.917. The zero-order valence-corrected chi connectivity index (χ0v) is 21.4. The second-order valence-corrected chi connectivity index (χ2v) is 8.39. The van der Waals surface area contributed by atoms with E-state index in [1.165, 1.54) is 19.1 Å². The van der Waals surface area contributed by atoms with Crippen LogP contribution in [0, 0.1) is 6.92 Å². The van der Waals surface area contributed by atoms with E-state index < -0.39 is 17.7 Å². The second-order valence-electron chi connectivity index (χ2n) is 8.39. The maximum Gasteiger partial charge on any atom is 0.300 e. The largest absolute Gasteiger partial charge is 0.507 e. The summed E-state index contributed by atoms with van der Waals surface area (Å²) >= 11 is 0. The van der Waals surface area contributed by atoms with E-state index in [1.807, 2.05) is 13.8 Å². The minimum Gasteiger partial charge on any atom is -0.507 e. The lowest BCUT2D eigenvalue weighted by molar-refractivity contribution is -0.132. The molecule has 1 atom stereocenters. The summed E-state index contributed by atoms with van der Waals surface area (Å²) in [6.07, 6.45) is 0. The van der Waals surface area contributed by atoms with Crippen LogP contribution in [0.3, 0.4) is 0 Å². The van der Waals surface area contributed by atoms with Gasteiger partial charge < -0.3 is 24.1 Å².